The fourth-order valence-electron chi connectivity index (χ4n) is 14.9. The molecule has 5 atom stereocenters. The molecule has 0 N–H and O–H groups in total. The lowest BCUT2D eigenvalue weighted by atomic mass is 9.59. The molecule has 1 heteroatoms. The molecule has 0 radical (unpaired) electrons. The Labute approximate surface area is 375 Å². The predicted molar refractivity (Wildman–Crippen MR) is 263 cm³/mol. The van der Waals surface area contributed by atoms with Crippen LogP contribution < -0.4 is 4.90 Å². The van der Waals surface area contributed by atoms with Gasteiger partial charge in [-0.3, -0.25) is 0 Å². The molecule has 4 bridgehead atoms. The summed E-state index contributed by atoms with van der Waals surface area (Å²) in [7, 11) is 0. The molecule has 1 nitrogen and oxygen atoms in total. The molecule has 7 aliphatic rings. The van der Waals surface area contributed by atoms with Crippen molar-refractivity contribution in [2.24, 2.45) is 23.7 Å². The van der Waals surface area contributed by atoms with Crippen molar-refractivity contribution in [2.75, 3.05) is 4.90 Å². The molecule has 0 aromatic heterocycles. The molecular weight excluding hydrogens is 759 g/mol. The highest BCUT2D eigenvalue weighted by molar-refractivity contribution is 5.96. The topological polar surface area (TPSA) is 3.24 Å². The lowest BCUT2D eigenvalue weighted by molar-refractivity contribution is 0.191. The molecular formula is C62H59N. The van der Waals surface area contributed by atoms with E-state index in [2.05, 4.69) is 198 Å². The Bertz CT molecular complexity index is 3010. The van der Waals surface area contributed by atoms with Crippen molar-refractivity contribution in [3.05, 3.63) is 185 Å². The van der Waals surface area contributed by atoms with E-state index in [0.717, 1.165) is 11.8 Å². The maximum absolute atomic E-state index is 2.74. The monoisotopic (exact) mass is 817 g/mol. The van der Waals surface area contributed by atoms with Gasteiger partial charge >= 0.3 is 0 Å². The second kappa shape index (κ2) is 13.0. The van der Waals surface area contributed by atoms with Crippen LogP contribution in [0.1, 0.15) is 113 Å². The highest BCUT2D eigenvalue weighted by Gasteiger charge is 2.66. The van der Waals surface area contributed by atoms with Crippen LogP contribution in [0.4, 0.5) is 17.1 Å². The molecule has 5 unspecified atom stereocenters. The second-order valence-corrected chi connectivity index (χ2v) is 22.4. The van der Waals surface area contributed by atoms with E-state index < -0.39 is 0 Å². The standard InChI is InChI=1S/C62H59N/c1-59(2)28-29-60(3,4)57-35-45(25-27-53(57)59)63(44-24-26-48-46-16-10-12-18-51(46)61(5,6)55(48)34-44)58-37-56-50(36-49(58)41-22-20-40(21-23-41)39-14-8-7-9-15-39)47-17-11-13-19-52(47)62(56)43-31-38-30-42(33-43)54(62)32-38/h7-27,34-38,42-43,54H,28-33H2,1-6H3. The molecule has 0 saturated heterocycles. The third kappa shape index (κ3) is 5.17. The first kappa shape index (κ1) is 37.9. The van der Waals surface area contributed by atoms with Gasteiger partial charge in [-0.05, 0) is 182 Å². The lowest BCUT2D eigenvalue weighted by Crippen LogP contribution is -2.40. The first-order valence-corrected chi connectivity index (χ1v) is 24.1. The zero-order chi connectivity index (χ0) is 42.6. The molecule has 4 saturated carbocycles. The highest BCUT2D eigenvalue weighted by atomic mass is 15.1. The summed E-state index contributed by atoms with van der Waals surface area (Å²) in [6, 6.07) is 59.4. The largest absolute Gasteiger partial charge is 0.310 e. The van der Waals surface area contributed by atoms with Gasteiger partial charge in [0, 0.05) is 27.8 Å². The average Bonchev–Trinajstić information content (AvgIpc) is 3.92. The van der Waals surface area contributed by atoms with E-state index in [1.165, 1.54) is 122 Å². The van der Waals surface area contributed by atoms with Crippen molar-refractivity contribution in [3.63, 3.8) is 0 Å². The normalized spacial score (nSPS) is 25.4. The molecule has 14 rings (SSSR count). The van der Waals surface area contributed by atoms with E-state index in [4.69, 9.17) is 0 Å². The van der Waals surface area contributed by atoms with Gasteiger partial charge in [-0.2, -0.15) is 0 Å². The Morgan fingerprint density at radius 3 is 1.76 bits per heavy atom. The van der Waals surface area contributed by atoms with Crippen LogP contribution in [0.25, 0.3) is 44.5 Å². The zero-order valence-corrected chi connectivity index (χ0v) is 37.9. The van der Waals surface area contributed by atoms with E-state index >= 15 is 0 Å². The Balaban J connectivity index is 1.10. The minimum atomic E-state index is -0.114. The molecule has 312 valence electrons. The third-order valence-corrected chi connectivity index (χ3v) is 17.9. The van der Waals surface area contributed by atoms with Gasteiger partial charge in [0.1, 0.15) is 0 Å². The summed E-state index contributed by atoms with van der Waals surface area (Å²) in [6.07, 6.45) is 7.96. The fraction of sp³-hybridized carbons (Fsp3) is 0.323. The van der Waals surface area contributed by atoms with Gasteiger partial charge in [0.05, 0.1) is 5.69 Å². The first-order valence-electron chi connectivity index (χ1n) is 24.1. The van der Waals surface area contributed by atoms with Crippen molar-refractivity contribution in [2.45, 2.75) is 102 Å². The molecule has 1 spiro atoms. The van der Waals surface area contributed by atoms with Crippen LogP contribution >= 0.6 is 0 Å². The van der Waals surface area contributed by atoms with Crippen molar-refractivity contribution in [3.8, 4) is 44.5 Å². The number of hydrogen-bond acceptors (Lipinski definition) is 1. The van der Waals surface area contributed by atoms with Crippen molar-refractivity contribution in [1.82, 2.24) is 0 Å². The highest BCUT2D eigenvalue weighted by Crippen LogP contribution is 2.73. The molecule has 4 fully saturated rings. The van der Waals surface area contributed by atoms with Gasteiger partial charge in [0.2, 0.25) is 0 Å². The number of benzene rings is 7. The molecule has 0 amide bonds. The average molecular weight is 818 g/mol. The van der Waals surface area contributed by atoms with Crippen molar-refractivity contribution < 1.29 is 0 Å². The van der Waals surface area contributed by atoms with E-state index in [9.17, 15) is 0 Å². The smallest absolute Gasteiger partial charge is 0.0543 e. The molecule has 7 aromatic carbocycles. The van der Waals surface area contributed by atoms with Crippen LogP contribution in [0, 0.1) is 23.7 Å². The Hall–Kier alpha value is -5.66. The number of fused-ring (bicyclic) bond motifs is 7. The molecule has 7 aromatic rings. The van der Waals surface area contributed by atoms with Crippen LogP contribution in [0.15, 0.2) is 152 Å². The number of rotatable bonds is 5. The van der Waals surface area contributed by atoms with Crippen LogP contribution in [0.5, 0.6) is 0 Å². The van der Waals surface area contributed by atoms with E-state index in [0.29, 0.717) is 11.8 Å². The quantitative estimate of drug-likeness (QED) is 0.167. The van der Waals surface area contributed by atoms with Crippen LogP contribution in [-0.4, -0.2) is 0 Å². The summed E-state index contributed by atoms with van der Waals surface area (Å²) in [4.78, 5) is 2.69. The van der Waals surface area contributed by atoms with Gasteiger partial charge in [-0.25, -0.2) is 0 Å². The van der Waals surface area contributed by atoms with Gasteiger partial charge in [-0.1, -0.05) is 157 Å². The maximum atomic E-state index is 2.74. The summed E-state index contributed by atoms with van der Waals surface area (Å²) in [5.41, 5.74) is 23.8. The minimum absolute atomic E-state index is 0.0726. The summed E-state index contributed by atoms with van der Waals surface area (Å²) < 4.78 is 0. The Morgan fingerprint density at radius 1 is 0.413 bits per heavy atom. The lowest BCUT2D eigenvalue weighted by Gasteiger charge is -2.44. The Kier molecular flexibility index (Phi) is 7.79. The molecule has 0 heterocycles. The third-order valence-electron chi connectivity index (χ3n) is 17.9. The van der Waals surface area contributed by atoms with Crippen molar-refractivity contribution in [1.29, 1.82) is 0 Å². The summed E-state index contributed by atoms with van der Waals surface area (Å²) in [5, 5.41) is 0. The number of nitrogens with zero attached hydrogens (tertiary/aromatic N) is 1. The molecule has 7 aliphatic carbocycles. The van der Waals surface area contributed by atoms with E-state index in [-0.39, 0.29) is 21.7 Å². The minimum Gasteiger partial charge on any atom is -0.310 e. The van der Waals surface area contributed by atoms with Crippen molar-refractivity contribution >= 4 is 17.1 Å². The second-order valence-electron chi connectivity index (χ2n) is 22.4. The van der Waals surface area contributed by atoms with E-state index in [1.807, 2.05) is 0 Å². The van der Waals surface area contributed by atoms with Crippen LogP contribution in [-0.2, 0) is 21.7 Å². The molecule has 63 heavy (non-hydrogen) atoms. The van der Waals surface area contributed by atoms with Gasteiger partial charge in [0.15, 0.2) is 0 Å². The van der Waals surface area contributed by atoms with Gasteiger partial charge in [-0.15, -0.1) is 0 Å². The maximum Gasteiger partial charge on any atom is 0.0543 e. The zero-order valence-electron chi connectivity index (χ0n) is 37.9. The van der Waals surface area contributed by atoms with Crippen LogP contribution in [0.3, 0.4) is 0 Å². The summed E-state index contributed by atoms with van der Waals surface area (Å²) in [6.45, 7) is 14.7. The SMILES string of the molecule is CC1(C)CCC(C)(C)c2cc(N(c3ccc4c(c3)C(C)(C)c3ccccc3-4)c3cc4c(cc3-c3ccc(-c5ccccc5)cc3)-c3ccccc3C43C4CC5CC(C4)C3C5)ccc21. The summed E-state index contributed by atoms with van der Waals surface area (Å²) in [5.74, 6) is 3.16. The summed E-state index contributed by atoms with van der Waals surface area (Å²) >= 11 is 0. The Morgan fingerprint density at radius 2 is 1.02 bits per heavy atom. The van der Waals surface area contributed by atoms with Gasteiger partial charge in [0.25, 0.3) is 0 Å². The molecule has 0 aliphatic heterocycles. The van der Waals surface area contributed by atoms with Gasteiger partial charge < -0.3 is 4.90 Å². The number of hydrogen-bond donors (Lipinski definition) is 0. The predicted octanol–water partition coefficient (Wildman–Crippen LogP) is 16.5. The van der Waals surface area contributed by atoms with Crippen LogP contribution in [0.2, 0.25) is 0 Å². The number of anilines is 3. The first-order chi connectivity index (χ1) is 30.4. The van der Waals surface area contributed by atoms with E-state index in [1.54, 1.807) is 11.1 Å². The fourth-order valence-corrected chi connectivity index (χ4v) is 14.9.